The first-order valence-electron chi connectivity index (χ1n) is 7.81. The number of anilines is 1. The van der Waals surface area contributed by atoms with Crippen LogP contribution in [-0.4, -0.2) is 25.0 Å². The normalized spacial score (nSPS) is 15.3. The molecule has 1 aliphatic carbocycles. The average molecular weight is 304 g/mol. The van der Waals surface area contributed by atoms with Crippen molar-refractivity contribution >= 4 is 17.5 Å². The topological polar surface area (TPSA) is 67.4 Å². The lowest BCUT2D eigenvalue weighted by Crippen LogP contribution is -2.41. The van der Waals surface area contributed by atoms with E-state index in [2.05, 4.69) is 10.6 Å². The molecule has 0 spiro atoms. The lowest BCUT2D eigenvalue weighted by molar-refractivity contribution is -0.134. The van der Waals surface area contributed by atoms with Crippen molar-refractivity contribution in [2.45, 2.75) is 33.6 Å². The number of nitrogens with one attached hydrogen (secondary N) is 2. The summed E-state index contributed by atoms with van der Waals surface area (Å²) in [6.07, 6.45) is 1.19. The number of carbonyl (C=O) groups is 2. The van der Waals surface area contributed by atoms with Crippen molar-refractivity contribution in [1.82, 2.24) is 5.32 Å². The molecule has 1 aromatic carbocycles. The first-order valence-corrected chi connectivity index (χ1v) is 7.81. The smallest absolute Gasteiger partial charge is 0.240 e. The molecule has 0 heterocycles. The van der Waals surface area contributed by atoms with Crippen LogP contribution < -0.4 is 15.4 Å². The van der Waals surface area contributed by atoms with Gasteiger partial charge < -0.3 is 15.4 Å². The van der Waals surface area contributed by atoms with E-state index in [-0.39, 0.29) is 11.8 Å². The highest BCUT2D eigenvalue weighted by Crippen LogP contribution is 2.47. The number of ether oxygens (including phenoxy) is 1. The molecule has 0 radical (unpaired) electrons. The van der Waals surface area contributed by atoms with E-state index in [1.165, 1.54) is 0 Å². The zero-order valence-electron chi connectivity index (χ0n) is 13.4. The summed E-state index contributed by atoms with van der Waals surface area (Å²) in [5.41, 5.74) is -0.300. The Labute approximate surface area is 131 Å². The van der Waals surface area contributed by atoms with Gasteiger partial charge in [-0.1, -0.05) is 26.0 Å². The third kappa shape index (κ3) is 3.59. The zero-order chi connectivity index (χ0) is 16.2. The minimum Gasteiger partial charge on any atom is -0.492 e. The first kappa shape index (κ1) is 16.3. The Kier molecular flexibility index (Phi) is 5.06. The van der Waals surface area contributed by atoms with Gasteiger partial charge in [0.1, 0.15) is 11.2 Å². The highest BCUT2D eigenvalue weighted by atomic mass is 16.5. The Balaban J connectivity index is 2.04. The van der Waals surface area contributed by atoms with Gasteiger partial charge in [-0.15, -0.1) is 0 Å². The van der Waals surface area contributed by atoms with Crippen molar-refractivity contribution in [2.24, 2.45) is 11.3 Å². The predicted molar refractivity (Wildman–Crippen MR) is 85.8 cm³/mol. The SMILES string of the molecule is CCOc1ccccc1NC(=O)C1(C(=O)NCC(C)C)CC1. The Morgan fingerprint density at radius 1 is 1.23 bits per heavy atom. The molecule has 0 bridgehead atoms. The van der Waals surface area contributed by atoms with Gasteiger partial charge in [0, 0.05) is 6.54 Å². The molecular formula is C17H24N2O3. The van der Waals surface area contributed by atoms with Crippen LogP contribution in [0.4, 0.5) is 5.69 Å². The van der Waals surface area contributed by atoms with Crippen molar-refractivity contribution in [2.75, 3.05) is 18.5 Å². The highest BCUT2D eigenvalue weighted by Gasteiger charge is 2.56. The second-order valence-corrected chi connectivity index (χ2v) is 6.07. The highest BCUT2D eigenvalue weighted by molar-refractivity contribution is 6.13. The maximum Gasteiger partial charge on any atom is 0.240 e. The van der Waals surface area contributed by atoms with Gasteiger partial charge in [-0.3, -0.25) is 9.59 Å². The van der Waals surface area contributed by atoms with E-state index in [1.807, 2.05) is 32.9 Å². The van der Waals surface area contributed by atoms with Gasteiger partial charge in [-0.2, -0.15) is 0 Å². The van der Waals surface area contributed by atoms with Gasteiger partial charge in [0.15, 0.2) is 0 Å². The zero-order valence-corrected chi connectivity index (χ0v) is 13.4. The number of hydrogen-bond donors (Lipinski definition) is 2. The molecule has 22 heavy (non-hydrogen) atoms. The molecule has 2 N–H and O–H groups in total. The third-order valence-corrected chi connectivity index (χ3v) is 3.73. The summed E-state index contributed by atoms with van der Waals surface area (Å²) in [7, 11) is 0. The molecule has 0 aromatic heterocycles. The van der Waals surface area contributed by atoms with Gasteiger partial charge in [-0.05, 0) is 37.8 Å². The minimum atomic E-state index is -0.909. The summed E-state index contributed by atoms with van der Waals surface area (Å²) in [5, 5.41) is 5.70. The van der Waals surface area contributed by atoms with Crippen LogP contribution in [0, 0.1) is 11.3 Å². The Bertz CT molecular complexity index is 551. The summed E-state index contributed by atoms with van der Waals surface area (Å²) in [5.74, 6) is 0.562. The molecule has 1 fully saturated rings. The van der Waals surface area contributed by atoms with Gasteiger partial charge in [-0.25, -0.2) is 0 Å². The van der Waals surface area contributed by atoms with E-state index in [4.69, 9.17) is 4.74 Å². The Hall–Kier alpha value is -2.04. The summed E-state index contributed by atoms with van der Waals surface area (Å²) in [6.45, 7) is 7.05. The molecule has 2 amide bonds. The van der Waals surface area contributed by atoms with Crippen molar-refractivity contribution in [3.05, 3.63) is 24.3 Å². The summed E-state index contributed by atoms with van der Waals surface area (Å²) >= 11 is 0. The van der Waals surface area contributed by atoms with E-state index in [0.717, 1.165) is 0 Å². The van der Waals surface area contributed by atoms with Crippen LogP contribution in [0.5, 0.6) is 5.75 Å². The second kappa shape index (κ2) is 6.81. The van der Waals surface area contributed by atoms with Crippen LogP contribution >= 0.6 is 0 Å². The van der Waals surface area contributed by atoms with E-state index >= 15 is 0 Å². The van der Waals surface area contributed by atoms with Gasteiger partial charge in [0.05, 0.1) is 12.3 Å². The quantitative estimate of drug-likeness (QED) is 0.761. The third-order valence-electron chi connectivity index (χ3n) is 3.73. The molecule has 0 saturated heterocycles. The Morgan fingerprint density at radius 3 is 2.50 bits per heavy atom. The first-order chi connectivity index (χ1) is 10.5. The molecule has 120 valence electrons. The number of amides is 2. The number of rotatable bonds is 7. The maximum absolute atomic E-state index is 12.5. The van der Waals surface area contributed by atoms with Crippen LogP contribution in [0.3, 0.4) is 0 Å². The summed E-state index contributed by atoms with van der Waals surface area (Å²) in [4.78, 5) is 24.8. The molecule has 0 aliphatic heterocycles. The van der Waals surface area contributed by atoms with Crippen LogP contribution in [0.15, 0.2) is 24.3 Å². The Morgan fingerprint density at radius 2 is 1.91 bits per heavy atom. The molecule has 0 atom stereocenters. The van der Waals surface area contributed by atoms with E-state index in [1.54, 1.807) is 12.1 Å². The molecule has 5 nitrogen and oxygen atoms in total. The molecule has 1 aromatic rings. The van der Waals surface area contributed by atoms with Crippen LogP contribution in [0.1, 0.15) is 33.6 Å². The molecule has 5 heteroatoms. The van der Waals surface area contributed by atoms with Crippen LogP contribution in [0.25, 0.3) is 0 Å². The molecule has 0 unspecified atom stereocenters. The molecule has 1 saturated carbocycles. The van der Waals surface area contributed by atoms with Crippen LogP contribution in [-0.2, 0) is 9.59 Å². The van der Waals surface area contributed by atoms with Gasteiger partial charge in [0.25, 0.3) is 0 Å². The van der Waals surface area contributed by atoms with Crippen molar-refractivity contribution in [1.29, 1.82) is 0 Å². The lowest BCUT2D eigenvalue weighted by atomic mass is 10.0. The lowest BCUT2D eigenvalue weighted by Gasteiger charge is -2.17. The van der Waals surface area contributed by atoms with Crippen molar-refractivity contribution < 1.29 is 14.3 Å². The van der Waals surface area contributed by atoms with Crippen LogP contribution in [0.2, 0.25) is 0 Å². The molecule has 1 aliphatic rings. The number of para-hydroxylation sites is 2. The fourth-order valence-corrected chi connectivity index (χ4v) is 2.24. The molecular weight excluding hydrogens is 280 g/mol. The standard InChI is InChI=1S/C17H24N2O3/c1-4-22-14-8-6-5-7-13(14)19-16(21)17(9-10-17)15(20)18-11-12(2)3/h5-8,12H,4,9-11H2,1-3H3,(H,18,20)(H,19,21). The van der Waals surface area contributed by atoms with E-state index in [0.29, 0.717) is 43.3 Å². The van der Waals surface area contributed by atoms with Gasteiger partial charge >= 0.3 is 0 Å². The van der Waals surface area contributed by atoms with E-state index < -0.39 is 5.41 Å². The average Bonchev–Trinajstić information content (AvgIpc) is 3.28. The largest absolute Gasteiger partial charge is 0.492 e. The fourth-order valence-electron chi connectivity index (χ4n) is 2.24. The van der Waals surface area contributed by atoms with Crippen molar-refractivity contribution in [3.8, 4) is 5.75 Å². The fraction of sp³-hybridized carbons (Fsp3) is 0.529. The maximum atomic E-state index is 12.5. The molecule has 2 rings (SSSR count). The van der Waals surface area contributed by atoms with Crippen molar-refractivity contribution in [3.63, 3.8) is 0 Å². The second-order valence-electron chi connectivity index (χ2n) is 6.07. The number of benzene rings is 1. The van der Waals surface area contributed by atoms with Gasteiger partial charge in [0.2, 0.25) is 11.8 Å². The minimum absolute atomic E-state index is 0.174. The predicted octanol–water partition coefficient (Wildman–Crippen LogP) is 2.58. The monoisotopic (exact) mass is 304 g/mol. The summed E-state index contributed by atoms with van der Waals surface area (Å²) < 4.78 is 5.50. The number of hydrogen-bond acceptors (Lipinski definition) is 3. The number of carbonyl (C=O) groups excluding carboxylic acids is 2. The van der Waals surface area contributed by atoms with E-state index in [9.17, 15) is 9.59 Å². The summed E-state index contributed by atoms with van der Waals surface area (Å²) in [6, 6.07) is 7.27.